The van der Waals surface area contributed by atoms with E-state index in [1.807, 2.05) is 0 Å². The average molecular weight is 245 g/mol. The van der Waals surface area contributed by atoms with Crippen LogP contribution in [0.3, 0.4) is 0 Å². The van der Waals surface area contributed by atoms with Crippen LogP contribution in [0, 0.1) is 30.6 Å². The molecule has 0 aliphatic heterocycles. The van der Waals surface area contributed by atoms with Crippen LogP contribution in [0.4, 0.5) is 0 Å². The van der Waals surface area contributed by atoms with Gasteiger partial charge in [0.05, 0.1) is 5.69 Å². The Morgan fingerprint density at radius 3 is 2.22 bits per heavy atom. The van der Waals surface area contributed by atoms with Crippen molar-refractivity contribution < 1.29 is 0 Å². The van der Waals surface area contributed by atoms with E-state index in [4.69, 9.17) is 10.7 Å². The molecule has 4 bridgehead atoms. The summed E-state index contributed by atoms with van der Waals surface area (Å²) < 4.78 is 0. The SMILES string of the molecule is Cc1[nH]c(C2C3CC4CC(C3)CC2C4)nc1CN. The maximum atomic E-state index is 5.76. The van der Waals surface area contributed by atoms with Crippen molar-refractivity contribution in [1.82, 2.24) is 9.97 Å². The molecular weight excluding hydrogens is 222 g/mol. The molecule has 0 radical (unpaired) electrons. The van der Waals surface area contributed by atoms with E-state index < -0.39 is 0 Å². The molecule has 4 fully saturated rings. The van der Waals surface area contributed by atoms with Gasteiger partial charge in [-0.15, -0.1) is 0 Å². The topological polar surface area (TPSA) is 54.7 Å². The predicted octanol–water partition coefficient (Wildman–Crippen LogP) is 2.72. The molecule has 1 aromatic heterocycles. The molecule has 0 aromatic carbocycles. The predicted molar refractivity (Wildman–Crippen MR) is 71.0 cm³/mol. The fourth-order valence-corrected chi connectivity index (χ4v) is 5.25. The molecule has 0 atom stereocenters. The van der Waals surface area contributed by atoms with Gasteiger partial charge in [0.1, 0.15) is 5.82 Å². The third-order valence-electron chi connectivity index (χ3n) is 5.74. The van der Waals surface area contributed by atoms with Gasteiger partial charge >= 0.3 is 0 Å². The minimum absolute atomic E-state index is 0.565. The van der Waals surface area contributed by atoms with Crippen molar-refractivity contribution in [2.24, 2.45) is 29.4 Å². The first-order chi connectivity index (χ1) is 8.74. The van der Waals surface area contributed by atoms with Crippen molar-refractivity contribution in [3.8, 4) is 0 Å². The lowest BCUT2D eigenvalue weighted by Gasteiger charge is -2.53. The number of imidazole rings is 1. The summed E-state index contributed by atoms with van der Waals surface area (Å²) in [7, 11) is 0. The molecule has 3 heteroatoms. The van der Waals surface area contributed by atoms with Crippen molar-refractivity contribution in [2.45, 2.75) is 51.5 Å². The highest BCUT2D eigenvalue weighted by Gasteiger charge is 2.49. The van der Waals surface area contributed by atoms with E-state index in [0.717, 1.165) is 29.4 Å². The summed E-state index contributed by atoms with van der Waals surface area (Å²) in [6, 6.07) is 0. The number of hydrogen-bond acceptors (Lipinski definition) is 2. The van der Waals surface area contributed by atoms with E-state index in [1.54, 1.807) is 0 Å². The molecule has 4 aliphatic rings. The number of hydrogen-bond donors (Lipinski definition) is 2. The Morgan fingerprint density at radius 1 is 1.11 bits per heavy atom. The zero-order chi connectivity index (χ0) is 12.3. The Bertz CT molecular complexity index is 434. The summed E-state index contributed by atoms with van der Waals surface area (Å²) in [6.07, 6.45) is 7.33. The largest absolute Gasteiger partial charge is 0.346 e. The summed E-state index contributed by atoms with van der Waals surface area (Å²) in [5.41, 5.74) is 8.01. The maximum Gasteiger partial charge on any atom is 0.110 e. The van der Waals surface area contributed by atoms with Crippen molar-refractivity contribution in [3.05, 3.63) is 17.2 Å². The van der Waals surface area contributed by atoms with Crippen molar-refractivity contribution in [2.75, 3.05) is 0 Å². The molecule has 0 saturated heterocycles. The lowest BCUT2D eigenvalue weighted by atomic mass is 9.52. The molecule has 1 heterocycles. The highest BCUT2D eigenvalue weighted by atomic mass is 15.0. The fourth-order valence-electron chi connectivity index (χ4n) is 5.25. The third-order valence-corrected chi connectivity index (χ3v) is 5.74. The quantitative estimate of drug-likeness (QED) is 0.841. The molecule has 3 nitrogen and oxygen atoms in total. The number of nitrogens with one attached hydrogen (secondary N) is 1. The zero-order valence-corrected chi connectivity index (χ0v) is 11.2. The van der Waals surface area contributed by atoms with E-state index in [2.05, 4.69) is 11.9 Å². The van der Waals surface area contributed by atoms with Crippen LogP contribution in [0.1, 0.15) is 55.2 Å². The van der Waals surface area contributed by atoms with Crippen LogP contribution in [0.2, 0.25) is 0 Å². The van der Waals surface area contributed by atoms with Gasteiger partial charge in [0, 0.05) is 18.2 Å². The van der Waals surface area contributed by atoms with Crippen molar-refractivity contribution in [1.29, 1.82) is 0 Å². The van der Waals surface area contributed by atoms with Gasteiger partial charge in [-0.25, -0.2) is 4.98 Å². The molecule has 4 aliphatic carbocycles. The maximum absolute atomic E-state index is 5.76. The molecule has 1 aromatic rings. The summed E-state index contributed by atoms with van der Waals surface area (Å²) in [5.74, 6) is 5.83. The van der Waals surface area contributed by atoms with Gasteiger partial charge in [0.2, 0.25) is 0 Å². The Kier molecular flexibility index (Phi) is 2.35. The second-order valence-corrected chi connectivity index (χ2v) is 6.85. The molecule has 5 rings (SSSR count). The number of H-pyrrole nitrogens is 1. The third kappa shape index (κ3) is 1.49. The van der Waals surface area contributed by atoms with Crippen LogP contribution >= 0.6 is 0 Å². The fraction of sp³-hybridized carbons (Fsp3) is 0.800. The molecule has 3 N–H and O–H groups in total. The zero-order valence-electron chi connectivity index (χ0n) is 11.2. The number of nitrogens with two attached hydrogens (primary N) is 1. The lowest BCUT2D eigenvalue weighted by Crippen LogP contribution is -2.44. The molecule has 0 amide bonds. The van der Waals surface area contributed by atoms with Gasteiger partial charge in [-0.05, 0) is 62.7 Å². The van der Waals surface area contributed by atoms with Crippen LogP contribution in [-0.4, -0.2) is 9.97 Å². The van der Waals surface area contributed by atoms with Crippen molar-refractivity contribution >= 4 is 0 Å². The van der Waals surface area contributed by atoms with E-state index >= 15 is 0 Å². The van der Waals surface area contributed by atoms with Gasteiger partial charge in [-0.3, -0.25) is 0 Å². The Hall–Kier alpha value is -0.830. The Labute approximate surface area is 109 Å². The summed E-state index contributed by atoms with van der Waals surface area (Å²) >= 11 is 0. The van der Waals surface area contributed by atoms with Crippen LogP contribution in [0.25, 0.3) is 0 Å². The highest BCUT2D eigenvalue weighted by Crippen LogP contribution is 2.59. The summed E-state index contributed by atoms with van der Waals surface area (Å²) in [5, 5.41) is 0. The van der Waals surface area contributed by atoms with Crippen LogP contribution < -0.4 is 5.73 Å². The van der Waals surface area contributed by atoms with Gasteiger partial charge in [0.25, 0.3) is 0 Å². The van der Waals surface area contributed by atoms with Gasteiger partial charge in [-0.2, -0.15) is 0 Å². The molecule has 98 valence electrons. The van der Waals surface area contributed by atoms with Gasteiger partial charge < -0.3 is 10.7 Å². The Morgan fingerprint density at radius 2 is 1.72 bits per heavy atom. The first-order valence-electron chi connectivity index (χ1n) is 7.50. The van der Waals surface area contributed by atoms with E-state index in [1.165, 1.54) is 43.6 Å². The van der Waals surface area contributed by atoms with Crippen LogP contribution in [0.5, 0.6) is 0 Å². The lowest BCUT2D eigenvalue weighted by molar-refractivity contribution is -0.00543. The Balaban J connectivity index is 1.67. The highest BCUT2D eigenvalue weighted by molar-refractivity contribution is 5.18. The standard InChI is InChI=1S/C15H23N3/c1-8-13(7-16)18-15(17-8)14-11-3-9-2-10(5-11)6-12(14)4-9/h9-12,14H,2-7,16H2,1H3,(H,17,18). The molecule has 0 unspecified atom stereocenters. The summed E-state index contributed by atoms with van der Waals surface area (Å²) in [4.78, 5) is 8.33. The smallest absolute Gasteiger partial charge is 0.110 e. The van der Waals surface area contributed by atoms with Crippen LogP contribution in [-0.2, 0) is 6.54 Å². The molecule has 18 heavy (non-hydrogen) atoms. The number of aryl methyl sites for hydroxylation is 1. The molecule has 0 spiro atoms. The minimum Gasteiger partial charge on any atom is -0.346 e. The number of aromatic nitrogens is 2. The summed E-state index contributed by atoms with van der Waals surface area (Å²) in [6.45, 7) is 2.67. The van der Waals surface area contributed by atoms with E-state index in [0.29, 0.717) is 12.5 Å². The van der Waals surface area contributed by atoms with Crippen LogP contribution in [0.15, 0.2) is 0 Å². The first-order valence-corrected chi connectivity index (χ1v) is 7.50. The monoisotopic (exact) mass is 245 g/mol. The normalized spacial score (nSPS) is 41.6. The van der Waals surface area contributed by atoms with Gasteiger partial charge in [-0.1, -0.05) is 0 Å². The molecule has 4 saturated carbocycles. The number of aromatic amines is 1. The second kappa shape index (κ2) is 3.83. The minimum atomic E-state index is 0.565. The van der Waals surface area contributed by atoms with E-state index in [9.17, 15) is 0 Å². The average Bonchev–Trinajstić information content (AvgIpc) is 2.69. The van der Waals surface area contributed by atoms with Gasteiger partial charge in [0.15, 0.2) is 0 Å². The number of nitrogens with zero attached hydrogens (tertiary/aromatic N) is 1. The van der Waals surface area contributed by atoms with Crippen molar-refractivity contribution in [3.63, 3.8) is 0 Å². The van der Waals surface area contributed by atoms with E-state index in [-0.39, 0.29) is 0 Å². The molecular formula is C15H23N3. The number of rotatable bonds is 2. The first kappa shape index (κ1) is 11.0. The second-order valence-electron chi connectivity index (χ2n) is 6.85.